The highest BCUT2D eigenvalue weighted by Crippen LogP contribution is 2.25. The van der Waals surface area contributed by atoms with Crippen molar-refractivity contribution in [1.82, 2.24) is 0 Å². The molecular formula is C14H11BrClF2N. The summed E-state index contributed by atoms with van der Waals surface area (Å²) in [7, 11) is 0. The fraction of sp³-hybridized carbons (Fsp3) is 0.143. The van der Waals surface area contributed by atoms with E-state index in [-0.39, 0.29) is 12.2 Å². The van der Waals surface area contributed by atoms with Gasteiger partial charge in [0.05, 0.1) is 0 Å². The maximum atomic E-state index is 13.8. The lowest BCUT2D eigenvalue weighted by atomic mass is 9.99. The van der Waals surface area contributed by atoms with Gasteiger partial charge in [-0.15, -0.1) is 0 Å². The third-order valence-corrected chi connectivity index (χ3v) is 3.67. The molecule has 100 valence electrons. The first-order valence-corrected chi connectivity index (χ1v) is 6.79. The van der Waals surface area contributed by atoms with Gasteiger partial charge >= 0.3 is 0 Å². The van der Waals surface area contributed by atoms with Gasteiger partial charge in [0, 0.05) is 21.1 Å². The predicted octanol–water partition coefficient (Wildman–Crippen LogP) is 4.62. The molecule has 0 aromatic heterocycles. The van der Waals surface area contributed by atoms with Gasteiger partial charge in [-0.05, 0) is 42.3 Å². The Bertz CT molecular complexity index is 604. The SMILES string of the molecule is NC(Cc1cc(F)ccc1Cl)c1ccc(Br)cc1F. The second kappa shape index (κ2) is 5.99. The van der Waals surface area contributed by atoms with Crippen LogP contribution in [-0.2, 0) is 6.42 Å². The molecule has 2 N–H and O–H groups in total. The van der Waals surface area contributed by atoms with Gasteiger partial charge in [0.2, 0.25) is 0 Å². The zero-order valence-corrected chi connectivity index (χ0v) is 12.2. The normalized spacial score (nSPS) is 12.5. The van der Waals surface area contributed by atoms with E-state index in [9.17, 15) is 8.78 Å². The number of hydrogen-bond acceptors (Lipinski definition) is 1. The van der Waals surface area contributed by atoms with Gasteiger partial charge in [-0.1, -0.05) is 33.6 Å². The van der Waals surface area contributed by atoms with Gasteiger partial charge in [0.1, 0.15) is 11.6 Å². The Morgan fingerprint density at radius 2 is 1.89 bits per heavy atom. The van der Waals surface area contributed by atoms with Crippen molar-refractivity contribution in [2.24, 2.45) is 5.73 Å². The van der Waals surface area contributed by atoms with Crippen molar-refractivity contribution in [1.29, 1.82) is 0 Å². The van der Waals surface area contributed by atoms with Crippen LogP contribution in [0.15, 0.2) is 40.9 Å². The molecule has 0 spiro atoms. The monoisotopic (exact) mass is 345 g/mol. The van der Waals surface area contributed by atoms with Crippen LogP contribution in [0.3, 0.4) is 0 Å². The molecule has 0 amide bonds. The number of benzene rings is 2. The molecule has 2 rings (SSSR count). The summed E-state index contributed by atoms with van der Waals surface area (Å²) in [6.45, 7) is 0. The third kappa shape index (κ3) is 3.53. The van der Waals surface area contributed by atoms with Crippen LogP contribution in [0.1, 0.15) is 17.2 Å². The van der Waals surface area contributed by atoms with Crippen LogP contribution in [0.5, 0.6) is 0 Å². The molecule has 0 saturated heterocycles. The molecule has 2 aromatic carbocycles. The molecular weight excluding hydrogens is 336 g/mol. The lowest BCUT2D eigenvalue weighted by Gasteiger charge is -2.14. The molecule has 5 heteroatoms. The van der Waals surface area contributed by atoms with Crippen molar-refractivity contribution in [2.75, 3.05) is 0 Å². The van der Waals surface area contributed by atoms with Gasteiger partial charge in [-0.3, -0.25) is 0 Å². The van der Waals surface area contributed by atoms with Crippen LogP contribution in [0.25, 0.3) is 0 Å². The van der Waals surface area contributed by atoms with Crippen molar-refractivity contribution < 1.29 is 8.78 Å². The molecule has 1 nitrogen and oxygen atoms in total. The molecule has 0 radical (unpaired) electrons. The smallest absolute Gasteiger partial charge is 0.129 e. The van der Waals surface area contributed by atoms with E-state index in [0.29, 0.717) is 20.6 Å². The molecule has 2 aromatic rings. The molecule has 0 aliphatic heterocycles. The largest absolute Gasteiger partial charge is 0.324 e. The fourth-order valence-electron chi connectivity index (χ4n) is 1.85. The maximum absolute atomic E-state index is 13.8. The van der Waals surface area contributed by atoms with E-state index in [1.165, 1.54) is 24.3 Å². The Morgan fingerprint density at radius 3 is 2.58 bits per heavy atom. The van der Waals surface area contributed by atoms with E-state index < -0.39 is 11.9 Å². The Kier molecular flexibility index (Phi) is 4.55. The quantitative estimate of drug-likeness (QED) is 0.862. The Morgan fingerprint density at radius 1 is 1.16 bits per heavy atom. The number of hydrogen-bond donors (Lipinski definition) is 1. The number of nitrogens with two attached hydrogens (primary N) is 1. The number of rotatable bonds is 3. The summed E-state index contributed by atoms with van der Waals surface area (Å²) in [6, 6.07) is 8.16. The Hall–Kier alpha value is -0.970. The highest BCUT2D eigenvalue weighted by molar-refractivity contribution is 9.10. The van der Waals surface area contributed by atoms with Gasteiger partial charge in [-0.25, -0.2) is 8.78 Å². The van der Waals surface area contributed by atoms with Crippen LogP contribution in [-0.4, -0.2) is 0 Å². The fourth-order valence-corrected chi connectivity index (χ4v) is 2.38. The molecule has 19 heavy (non-hydrogen) atoms. The topological polar surface area (TPSA) is 26.0 Å². The van der Waals surface area contributed by atoms with E-state index in [0.717, 1.165) is 0 Å². The molecule has 0 heterocycles. The Labute approximate surface area is 123 Å². The summed E-state index contributed by atoms with van der Waals surface area (Å²) < 4.78 is 27.6. The van der Waals surface area contributed by atoms with Gasteiger partial charge in [0.25, 0.3) is 0 Å². The minimum Gasteiger partial charge on any atom is -0.324 e. The van der Waals surface area contributed by atoms with Crippen molar-refractivity contribution in [3.8, 4) is 0 Å². The van der Waals surface area contributed by atoms with E-state index in [2.05, 4.69) is 15.9 Å². The summed E-state index contributed by atoms with van der Waals surface area (Å²) >= 11 is 9.15. The standard InChI is InChI=1S/C14H11BrClF2N/c15-9-1-3-11(13(18)7-9)14(19)6-8-5-10(17)2-4-12(8)16/h1-5,7,14H,6,19H2. The van der Waals surface area contributed by atoms with Crippen LogP contribution in [0, 0.1) is 11.6 Å². The second-order valence-electron chi connectivity index (χ2n) is 4.21. The highest BCUT2D eigenvalue weighted by Gasteiger charge is 2.14. The minimum absolute atomic E-state index is 0.273. The molecule has 0 aliphatic rings. The summed E-state index contributed by atoms with van der Waals surface area (Å²) in [5.41, 5.74) is 6.90. The first kappa shape index (κ1) is 14.4. The zero-order chi connectivity index (χ0) is 14.0. The van der Waals surface area contributed by atoms with E-state index >= 15 is 0 Å². The summed E-state index contributed by atoms with van der Waals surface area (Å²) in [5.74, 6) is -0.780. The molecule has 0 aliphatic carbocycles. The summed E-state index contributed by atoms with van der Waals surface area (Å²) in [4.78, 5) is 0. The van der Waals surface area contributed by atoms with Crippen molar-refractivity contribution in [2.45, 2.75) is 12.5 Å². The van der Waals surface area contributed by atoms with Crippen LogP contribution in [0.4, 0.5) is 8.78 Å². The van der Waals surface area contributed by atoms with Gasteiger partial charge < -0.3 is 5.73 Å². The average Bonchev–Trinajstić information content (AvgIpc) is 2.33. The molecule has 0 fully saturated rings. The molecule has 1 atom stereocenters. The van der Waals surface area contributed by atoms with Gasteiger partial charge in [0.15, 0.2) is 0 Å². The zero-order valence-electron chi connectivity index (χ0n) is 9.84. The first-order valence-electron chi connectivity index (χ1n) is 5.62. The van der Waals surface area contributed by atoms with Crippen molar-refractivity contribution in [3.63, 3.8) is 0 Å². The van der Waals surface area contributed by atoms with E-state index in [1.54, 1.807) is 12.1 Å². The lowest BCUT2D eigenvalue weighted by molar-refractivity contribution is 0.577. The lowest BCUT2D eigenvalue weighted by Crippen LogP contribution is -2.15. The predicted molar refractivity (Wildman–Crippen MR) is 76.1 cm³/mol. The second-order valence-corrected chi connectivity index (χ2v) is 5.54. The van der Waals surface area contributed by atoms with Crippen molar-refractivity contribution in [3.05, 3.63) is 68.7 Å². The van der Waals surface area contributed by atoms with Crippen LogP contribution < -0.4 is 5.73 Å². The molecule has 1 unspecified atom stereocenters. The van der Waals surface area contributed by atoms with Gasteiger partial charge in [-0.2, -0.15) is 0 Å². The van der Waals surface area contributed by atoms with E-state index in [4.69, 9.17) is 17.3 Å². The highest BCUT2D eigenvalue weighted by atomic mass is 79.9. The third-order valence-electron chi connectivity index (χ3n) is 2.81. The van der Waals surface area contributed by atoms with E-state index in [1.807, 2.05) is 0 Å². The Balaban J connectivity index is 2.25. The van der Waals surface area contributed by atoms with Crippen molar-refractivity contribution >= 4 is 27.5 Å². The average molecular weight is 347 g/mol. The summed E-state index contributed by atoms with van der Waals surface area (Å²) in [6.07, 6.45) is 0.273. The molecule has 0 bridgehead atoms. The number of halogens is 4. The maximum Gasteiger partial charge on any atom is 0.129 e. The molecule has 0 saturated carbocycles. The van der Waals surface area contributed by atoms with Crippen LogP contribution >= 0.6 is 27.5 Å². The first-order chi connectivity index (χ1) is 8.97. The van der Waals surface area contributed by atoms with Crippen LogP contribution in [0.2, 0.25) is 5.02 Å². The minimum atomic E-state index is -0.576. The summed E-state index contributed by atoms with van der Waals surface area (Å²) in [5, 5.41) is 0.425.